The van der Waals surface area contributed by atoms with Gasteiger partial charge in [0.05, 0.1) is 12.1 Å². The number of amides is 2. The van der Waals surface area contributed by atoms with Crippen LogP contribution in [0, 0.1) is 0 Å². The molecule has 0 aromatic carbocycles. The van der Waals surface area contributed by atoms with Gasteiger partial charge in [-0.05, 0) is 25.3 Å². The average molecular weight is 270 g/mol. The average Bonchev–Trinajstić information content (AvgIpc) is 2.81. The highest BCUT2D eigenvalue weighted by atomic mass is 32.1. The normalized spacial score (nSPS) is 11.1. The fourth-order valence-electron chi connectivity index (χ4n) is 1.26. The Morgan fingerprint density at radius 3 is 2.72 bits per heavy atom. The summed E-state index contributed by atoms with van der Waals surface area (Å²) >= 11 is 1.45. The number of aliphatic hydroxyl groups is 1. The first kappa shape index (κ1) is 14.7. The Labute approximate surface area is 110 Å². The van der Waals surface area contributed by atoms with Crippen LogP contribution in [-0.4, -0.2) is 35.6 Å². The van der Waals surface area contributed by atoms with Crippen LogP contribution in [0.5, 0.6) is 0 Å². The second kappa shape index (κ2) is 6.51. The molecule has 0 aliphatic heterocycles. The van der Waals surface area contributed by atoms with E-state index in [1.807, 2.05) is 5.38 Å². The lowest BCUT2D eigenvalue weighted by Gasteiger charge is -2.23. The van der Waals surface area contributed by atoms with Crippen molar-refractivity contribution in [2.45, 2.75) is 25.8 Å². The minimum absolute atomic E-state index is 0.125. The smallest absolute Gasteiger partial charge is 0.252 e. The van der Waals surface area contributed by atoms with Crippen LogP contribution in [0.4, 0.5) is 0 Å². The molecule has 2 amide bonds. The Hall–Kier alpha value is -1.40. The summed E-state index contributed by atoms with van der Waals surface area (Å²) in [5.74, 6) is -0.370. The number of hydrogen-bond donors (Lipinski definition) is 3. The van der Waals surface area contributed by atoms with Crippen molar-refractivity contribution in [1.82, 2.24) is 10.6 Å². The highest BCUT2D eigenvalue weighted by molar-refractivity contribution is 7.08. The summed E-state index contributed by atoms with van der Waals surface area (Å²) < 4.78 is 0. The highest BCUT2D eigenvalue weighted by Gasteiger charge is 2.18. The minimum atomic E-state index is -0.631. The van der Waals surface area contributed by atoms with Gasteiger partial charge < -0.3 is 15.7 Å². The minimum Gasteiger partial charge on any atom is -0.394 e. The zero-order valence-electron chi connectivity index (χ0n) is 10.5. The van der Waals surface area contributed by atoms with Gasteiger partial charge in [-0.15, -0.1) is 0 Å². The second-order valence-electron chi connectivity index (χ2n) is 4.61. The number of carbonyl (C=O) groups is 2. The van der Waals surface area contributed by atoms with Crippen LogP contribution in [-0.2, 0) is 4.79 Å². The highest BCUT2D eigenvalue weighted by Crippen LogP contribution is 2.05. The maximum Gasteiger partial charge on any atom is 0.252 e. The van der Waals surface area contributed by atoms with Crippen molar-refractivity contribution < 1.29 is 14.7 Å². The van der Waals surface area contributed by atoms with Gasteiger partial charge in [-0.2, -0.15) is 11.3 Å². The maximum atomic E-state index is 11.6. The summed E-state index contributed by atoms with van der Waals surface area (Å²) in [6, 6.07) is 1.73. The Kier molecular flexibility index (Phi) is 5.30. The first-order chi connectivity index (χ1) is 8.44. The van der Waals surface area contributed by atoms with E-state index in [0.717, 1.165) is 0 Å². The number of rotatable bonds is 6. The Balaban J connectivity index is 2.26. The van der Waals surface area contributed by atoms with Crippen LogP contribution in [0.3, 0.4) is 0 Å². The van der Waals surface area contributed by atoms with E-state index < -0.39 is 5.54 Å². The SMILES string of the molecule is CC(C)(CO)NC(=O)CCNC(=O)c1ccsc1. The fourth-order valence-corrected chi connectivity index (χ4v) is 1.90. The molecule has 1 aromatic heterocycles. The number of thiophene rings is 1. The molecule has 1 heterocycles. The van der Waals surface area contributed by atoms with Crippen LogP contribution in [0.15, 0.2) is 16.8 Å². The number of hydrogen-bond acceptors (Lipinski definition) is 4. The van der Waals surface area contributed by atoms with Gasteiger partial charge in [-0.3, -0.25) is 9.59 Å². The Morgan fingerprint density at radius 2 is 2.17 bits per heavy atom. The van der Waals surface area contributed by atoms with Gasteiger partial charge in [0, 0.05) is 23.9 Å². The molecule has 0 spiro atoms. The maximum absolute atomic E-state index is 11.6. The van der Waals surface area contributed by atoms with Crippen LogP contribution in [0.1, 0.15) is 30.6 Å². The zero-order chi connectivity index (χ0) is 13.6. The molecule has 1 rings (SSSR count). The summed E-state index contributed by atoms with van der Waals surface area (Å²) in [6.07, 6.45) is 0.194. The third kappa shape index (κ3) is 4.85. The molecular weight excluding hydrogens is 252 g/mol. The number of nitrogens with one attached hydrogen (secondary N) is 2. The van der Waals surface area contributed by atoms with Gasteiger partial charge in [0.1, 0.15) is 0 Å². The van der Waals surface area contributed by atoms with Crippen molar-refractivity contribution >= 4 is 23.2 Å². The quantitative estimate of drug-likeness (QED) is 0.714. The third-order valence-corrected chi connectivity index (χ3v) is 2.98. The molecule has 0 fully saturated rings. The fraction of sp³-hybridized carbons (Fsp3) is 0.500. The van der Waals surface area contributed by atoms with Crippen molar-refractivity contribution in [3.05, 3.63) is 22.4 Å². The second-order valence-corrected chi connectivity index (χ2v) is 5.39. The van der Waals surface area contributed by atoms with Gasteiger partial charge in [-0.25, -0.2) is 0 Å². The zero-order valence-corrected chi connectivity index (χ0v) is 11.3. The molecule has 1 aromatic rings. The van der Waals surface area contributed by atoms with E-state index in [1.54, 1.807) is 25.3 Å². The molecule has 6 heteroatoms. The summed E-state index contributed by atoms with van der Waals surface area (Å²) in [5, 5.41) is 17.9. The molecule has 3 N–H and O–H groups in total. The van der Waals surface area contributed by atoms with Crippen molar-refractivity contribution in [3.8, 4) is 0 Å². The number of aliphatic hydroxyl groups excluding tert-OH is 1. The molecule has 100 valence electrons. The molecule has 0 atom stereocenters. The predicted octanol–water partition coefficient (Wildman–Crippen LogP) is 0.755. The first-order valence-electron chi connectivity index (χ1n) is 5.67. The van der Waals surface area contributed by atoms with Crippen molar-refractivity contribution in [2.24, 2.45) is 0 Å². The van der Waals surface area contributed by atoms with Crippen molar-refractivity contribution in [1.29, 1.82) is 0 Å². The van der Waals surface area contributed by atoms with Gasteiger partial charge in [0.25, 0.3) is 5.91 Å². The van der Waals surface area contributed by atoms with E-state index in [-0.39, 0.29) is 31.4 Å². The van der Waals surface area contributed by atoms with Gasteiger partial charge in [0.15, 0.2) is 0 Å². The van der Waals surface area contributed by atoms with E-state index in [1.165, 1.54) is 11.3 Å². The molecule has 0 unspecified atom stereocenters. The van der Waals surface area contributed by atoms with E-state index >= 15 is 0 Å². The van der Waals surface area contributed by atoms with Crippen LogP contribution >= 0.6 is 11.3 Å². The molecule has 18 heavy (non-hydrogen) atoms. The lowest BCUT2D eigenvalue weighted by atomic mass is 10.1. The molecule has 0 saturated carbocycles. The van der Waals surface area contributed by atoms with E-state index in [2.05, 4.69) is 10.6 Å². The predicted molar refractivity (Wildman–Crippen MR) is 70.6 cm³/mol. The molecule has 0 saturated heterocycles. The molecule has 5 nitrogen and oxygen atoms in total. The standard InChI is InChI=1S/C12H18N2O3S/c1-12(2,8-15)14-10(16)3-5-13-11(17)9-4-6-18-7-9/h4,6-7,15H,3,5,8H2,1-2H3,(H,13,17)(H,14,16). The monoisotopic (exact) mass is 270 g/mol. The van der Waals surface area contributed by atoms with Gasteiger partial charge >= 0.3 is 0 Å². The summed E-state index contributed by atoms with van der Waals surface area (Å²) in [6.45, 7) is 3.62. The van der Waals surface area contributed by atoms with Crippen LogP contribution in [0.2, 0.25) is 0 Å². The van der Waals surface area contributed by atoms with Crippen LogP contribution in [0.25, 0.3) is 0 Å². The van der Waals surface area contributed by atoms with E-state index in [0.29, 0.717) is 5.56 Å². The Morgan fingerprint density at radius 1 is 1.44 bits per heavy atom. The van der Waals surface area contributed by atoms with Crippen molar-refractivity contribution in [3.63, 3.8) is 0 Å². The lowest BCUT2D eigenvalue weighted by Crippen LogP contribution is -2.47. The molecule has 0 aliphatic rings. The van der Waals surface area contributed by atoms with Gasteiger partial charge in [0.2, 0.25) is 5.91 Å². The summed E-state index contributed by atoms with van der Waals surface area (Å²) in [5.41, 5.74) is -0.0230. The number of carbonyl (C=O) groups excluding carboxylic acids is 2. The van der Waals surface area contributed by atoms with E-state index in [4.69, 9.17) is 5.11 Å². The first-order valence-corrected chi connectivity index (χ1v) is 6.61. The topological polar surface area (TPSA) is 78.4 Å². The van der Waals surface area contributed by atoms with E-state index in [9.17, 15) is 9.59 Å². The largest absolute Gasteiger partial charge is 0.394 e. The molecule has 0 aliphatic carbocycles. The van der Waals surface area contributed by atoms with Gasteiger partial charge in [-0.1, -0.05) is 0 Å². The van der Waals surface area contributed by atoms with Crippen LogP contribution < -0.4 is 10.6 Å². The Bertz CT molecular complexity index is 401. The molecule has 0 radical (unpaired) electrons. The molecule has 0 bridgehead atoms. The summed E-state index contributed by atoms with van der Waals surface area (Å²) in [7, 11) is 0. The summed E-state index contributed by atoms with van der Waals surface area (Å²) in [4.78, 5) is 23.1. The van der Waals surface area contributed by atoms with Crippen molar-refractivity contribution in [2.75, 3.05) is 13.2 Å². The lowest BCUT2D eigenvalue weighted by molar-refractivity contribution is -0.123. The molecular formula is C12H18N2O3S. The third-order valence-electron chi connectivity index (χ3n) is 2.29.